The Morgan fingerprint density at radius 3 is 1.59 bits per heavy atom. The molecule has 9 aromatic carbocycles. The molecule has 6 nitrogen and oxygen atoms in total. The first-order valence-electron chi connectivity index (χ1n) is 21.2. The zero-order valence-electron chi connectivity index (χ0n) is 33.9. The van der Waals surface area contributed by atoms with Gasteiger partial charge in [0.05, 0.1) is 27.8 Å². The fraction of sp³-hybridized carbons (Fsp3) is 0. The summed E-state index contributed by atoms with van der Waals surface area (Å²) in [5, 5.41) is 6.70. The van der Waals surface area contributed by atoms with Gasteiger partial charge in [-0.25, -0.2) is 15.0 Å². The van der Waals surface area contributed by atoms with Crippen molar-refractivity contribution < 1.29 is 4.42 Å². The zero-order valence-corrected chi connectivity index (χ0v) is 33.9. The van der Waals surface area contributed by atoms with E-state index < -0.39 is 0 Å². The lowest BCUT2D eigenvalue weighted by atomic mass is 10.0. The highest BCUT2D eigenvalue weighted by Gasteiger charge is 2.23. The maximum Gasteiger partial charge on any atom is 0.164 e. The molecule has 6 heteroatoms. The van der Waals surface area contributed by atoms with Crippen molar-refractivity contribution in [2.45, 2.75) is 0 Å². The average Bonchev–Trinajstić information content (AvgIpc) is 4.01. The van der Waals surface area contributed by atoms with Crippen LogP contribution in [-0.4, -0.2) is 24.1 Å². The van der Waals surface area contributed by atoms with Crippen LogP contribution in [0.2, 0.25) is 0 Å². The van der Waals surface area contributed by atoms with Crippen molar-refractivity contribution in [2.24, 2.45) is 0 Å². The number of benzene rings is 9. The minimum Gasteiger partial charge on any atom is -0.454 e. The summed E-state index contributed by atoms with van der Waals surface area (Å²) >= 11 is 0. The van der Waals surface area contributed by atoms with E-state index in [1.807, 2.05) is 48.5 Å². The highest BCUT2D eigenvalue weighted by molar-refractivity contribution is 6.20. The van der Waals surface area contributed by atoms with Gasteiger partial charge in [-0.1, -0.05) is 158 Å². The third-order valence-corrected chi connectivity index (χ3v) is 12.4. The molecule has 0 aliphatic heterocycles. The van der Waals surface area contributed by atoms with Crippen LogP contribution in [0.5, 0.6) is 0 Å². The molecule has 0 unspecified atom stereocenters. The molecule has 13 rings (SSSR count). The quantitative estimate of drug-likeness (QED) is 0.168. The molecule has 0 fully saturated rings. The predicted molar refractivity (Wildman–Crippen MR) is 258 cm³/mol. The highest BCUT2D eigenvalue weighted by Crippen LogP contribution is 2.43. The molecule has 63 heavy (non-hydrogen) atoms. The molecule has 294 valence electrons. The number of hydrogen-bond acceptors (Lipinski definition) is 4. The molecule has 0 aliphatic rings. The van der Waals surface area contributed by atoms with Crippen molar-refractivity contribution in [3.8, 4) is 56.7 Å². The maximum absolute atomic E-state index is 6.99. The van der Waals surface area contributed by atoms with Crippen molar-refractivity contribution in [1.29, 1.82) is 0 Å². The van der Waals surface area contributed by atoms with E-state index >= 15 is 0 Å². The second-order valence-electron chi connectivity index (χ2n) is 16.0. The molecule has 0 saturated heterocycles. The molecule has 0 aliphatic carbocycles. The minimum atomic E-state index is 0.580. The number of furan rings is 1. The number of rotatable bonds is 6. The van der Waals surface area contributed by atoms with Crippen LogP contribution in [0.1, 0.15) is 0 Å². The molecule has 0 saturated carbocycles. The first-order chi connectivity index (χ1) is 31.2. The van der Waals surface area contributed by atoms with Crippen LogP contribution in [0, 0.1) is 0 Å². The van der Waals surface area contributed by atoms with Gasteiger partial charge in [0, 0.05) is 54.7 Å². The molecule has 4 heterocycles. The van der Waals surface area contributed by atoms with E-state index in [0.717, 1.165) is 72.2 Å². The molecule has 0 atom stereocenters. The number of para-hydroxylation sites is 4. The van der Waals surface area contributed by atoms with E-state index in [-0.39, 0.29) is 0 Å². The number of hydrogen-bond donors (Lipinski definition) is 0. The van der Waals surface area contributed by atoms with Gasteiger partial charge in [0.15, 0.2) is 23.1 Å². The standard InChI is InChI=1S/C57H35N5O/c1-4-17-36(18-5-1)38-21-14-22-39(33-38)56-58-55(37-19-6-2-7-20-37)59-57(60-56)44-28-16-32-52-53(44)43-27-15-31-49(54(43)63-52)62-48-30-13-11-26-42(48)46-34-50-45(35-51(46)62)41-25-10-12-29-47(41)61(50)40-23-8-3-9-24-40/h1-35H. The molecule has 13 aromatic rings. The van der Waals surface area contributed by atoms with Gasteiger partial charge in [-0.3, -0.25) is 0 Å². The summed E-state index contributed by atoms with van der Waals surface area (Å²) in [4.78, 5) is 15.5. The first-order valence-corrected chi connectivity index (χ1v) is 21.2. The van der Waals surface area contributed by atoms with Crippen LogP contribution in [0.3, 0.4) is 0 Å². The maximum atomic E-state index is 6.99. The lowest BCUT2D eigenvalue weighted by Gasteiger charge is -2.10. The van der Waals surface area contributed by atoms with E-state index in [9.17, 15) is 0 Å². The summed E-state index contributed by atoms with van der Waals surface area (Å²) in [6.45, 7) is 0. The van der Waals surface area contributed by atoms with E-state index in [2.05, 4.69) is 173 Å². The Bertz CT molecular complexity index is 3900. The summed E-state index contributed by atoms with van der Waals surface area (Å²) in [6.07, 6.45) is 0. The second-order valence-corrected chi connectivity index (χ2v) is 16.0. The Kier molecular flexibility index (Phi) is 7.80. The Morgan fingerprint density at radius 2 is 0.857 bits per heavy atom. The Hall–Kier alpha value is -8.61. The predicted octanol–water partition coefficient (Wildman–Crippen LogP) is 14.6. The van der Waals surface area contributed by atoms with Gasteiger partial charge in [0.25, 0.3) is 0 Å². The van der Waals surface area contributed by atoms with Gasteiger partial charge in [0.2, 0.25) is 0 Å². The minimum absolute atomic E-state index is 0.580. The molecule has 0 bridgehead atoms. The van der Waals surface area contributed by atoms with Crippen LogP contribution < -0.4 is 0 Å². The second kappa shape index (κ2) is 14.0. The van der Waals surface area contributed by atoms with Gasteiger partial charge in [-0.2, -0.15) is 0 Å². The fourth-order valence-electron chi connectivity index (χ4n) is 9.55. The monoisotopic (exact) mass is 805 g/mol. The summed E-state index contributed by atoms with van der Waals surface area (Å²) in [6, 6.07) is 74.3. The van der Waals surface area contributed by atoms with Crippen LogP contribution in [0.15, 0.2) is 217 Å². The topological polar surface area (TPSA) is 61.7 Å². The SMILES string of the molecule is c1ccc(-c2cccc(-c3nc(-c4ccccc4)nc(-c4cccc5oc6c(-n7c8ccccc8c8cc9c(cc87)c7ccccc7n9-c7ccccc7)cccc6c45)n3)c2)cc1. The fourth-order valence-corrected chi connectivity index (χ4v) is 9.55. The number of nitrogens with zero attached hydrogens (tertiary/aromatic N) is 5. The third kappa shape index (κ3) is 5.55. The number of aromatic nitrogens is 5. The van der Waals surface area contributed by atoms with Gasteiger partial charge in [0.1, 0.15) is 5.58 Å². The summed E-state index contributed by atoms with van der Waals surface area (Å²) in [5.41, 5.74) is 13.2. The lowest BCUT2D eigenvalue weighted by molar-refractivity contribution is 0.666. The summed E-state index contributed by atoms with van der Waals surface area (Å²) in [7, 11) is 0. The molecule has 0 N–H and O–H groups in total. The van der Waals surface area contributed by atoms with Gasteiger partial charge >= 0.3 is 0 Å². The number of fused-ring (bicyclic) bond motifs is 9. The van der Waals surface area contributed by atoms with Crippen molar-refractivity contribution in [3.05, 3.63) is 212 Å². The van der Waals surface area contributed by atoms with Crippen LogP contribution in [-0.2, 0) is 0 Å². The summed E-state index contributed by atoms with van der Waals surface area (Å²) < 4.78 is 11.7. The van der Waals surface area contributed by atoms with Crippen LogP contribution in [0.25, 0.3) is 122 Å². The van der Waals surface area contributed by atoms with Crippen molar-refractivity contribution in [3.63, 3.8) is 0 Å². The van der Waals surface area contributed by atoms with Crippen molar-refractivity contribution in [2.75, 3.05) is 0 Å². The van der Waals surface area contributed by atoms with E-state index in [1.54, 1.807) is 0 Å². The highest BCUT2D eigenvalue weighted by atomic mass is 16.3. The Morgan fingerprint density at radius 1 is 0.333 bits per heavy atom. The zero-order chi connectivity index (χ0) is 41.4. The molecule has 0 amide bonds. The van der Waals surface area contributed by atoms with E-state index in [0.29, 0.717) is 17.5 Å². The molecular weight excluding hydrogens is 771 g/mol. The lowest BCUT2D eigenvalue weighted by Crippen LogP contribution is -2.00. The molecule has 0 spiro atoms. The van der Waals surface area contributed by atoms with Gasteiger partial charge in [-0.05, 0) is 65.7 Å². The molecule has 0 radical (unpaired) electrons. The van der Waals surface area contributed by atoms with Crippen LogP contribution >= 0.6 is 0 Å². The molecular formula is C57H35N5O. The Labute approximate surface area is 361 Å². The molecule has 4 aromatic heterocycles. The van der Waals surface area contributed by atoms with Gasteiger partial charge < -0.3 is 13.6 Å². The van der Waals surface area contributed by atoms with E-state index in [4.69, 9.17) is 19.4 Å². The smallest absolute Gasteiger partial charge is 0.164 e. The summed E-state index contributed by atoms with van der Waals surface area (Å²) in [5.74, 6) is 1.79. The normalized spacial score (nSPS) is 11.8. The average molecular weight is 806 g/mol. The van der Waals surface area contributed by atoms with Crippen molar-refractivity contribution in [1.82, 2.24) is 24.1 Å². The van der Waals surface area contributed by atoms with Crippen LogP contribution in [0.4, 0.5) is 0 Å². The largest absolute Gasteiger partial charge is 0.454 e. The van der Waals surface area contributed by atoms with E-state index in [1.165, 1.54) is 32.6 Å². The third-order valence-electron chi connectivity index (χ3n) is 12.4. The van der Waals surface area contributed by atoms with Gasteiger partial charge in [-0.15, -0.1) is 0 Å². The first kappa shape index (κ1) is 35.2. The van der Waals surface area contributed by atoms with Crippen molar-refractivity contribution >= 4 is 65.6 Å². The Balaban J connectivity index is 1.04.